The highest BCUT2D eigenvalue weighted by molar-refractivity contribution is 6.01. The molecule has 10 nitrogen and oxygen atoms in total. The van der Waals surface area contributed by atoms with Gasteiger partial charge < -0.3 is 24.5 Å². The SMILES string of the molecule is CC(C)c1nc(C2CCN(c3ncnc4c(-c5ccc(N6C(=O)[C@H]7C[C@@H]6[C@H](O)[C@@H]7O)c(F)c5)cc(F)cc34)CC2)no1. The van der Waals surface area contributed by atoms with Crippen LogP contribution in [0.1, 0.15) is 56.7 Å². The van der Waals surface area contributed by atoms with Gasteiger partial charge in [0.2, 0.25) is 11.8 Å². The number of nitrogens with zero attached hydrogens (tertiary/aromatic N) is 6. The average Bonchev–Trinajstić information content (AvgIpc) is 3.68. The van der Waals surface area contributed by atoms with Crippen molar-refractivity contribution in [3.8, 4) is 11.1 Å². The van der Waals surface area contributed by atoms with Crippen LogP contribution in [0.25, 0.3) is 22.0 Å². The van der Waals surface area contributed by atoms with Crippen LogP contribution >= 0.6 is 0 Å². The van der Waals surface area contributed by atoms with E-state index in [9.17, 15) is 15.0 Å². The van der Waals surface area contributed by atoms with E-state index in [2.05, 4.69) is 25.0 Å². The molecule has 3 fully saturated rings. The van der Waals surface area contributed by atoms with Gasteiger partial charge >= 0.3 is 0 Å². The third-order valence-electron chi connectivity index (χ3n) is 8.85. The van der Waals surface area contributed by atoms with Gasteiger partial charge in [-0.2, -0.15) is 4.98 Å². The molecule has 4 aromatic rings. The molecular weight excluding hydrogens is 546 g/mol. The van der Waals surface area contributed by atoms with Gasteiger partial charge in [0, 0.05) is 35.9 Å². The van der Waals surface area contributed by atoms with Gasteiger partial charge in [0.1, 0.15) is 29.9 Å². The number of hydrogen-bond acceptors (Lipinski definition) is 9. The zero-order valence-corrected chi connectivity index (χ0v) is 23.1. The van der Waals surface area contributed by atoms with Gasteiger partial charge in [-0.05, 0) is 49.1 Å². The fourth-order valence-corrected chi connectivity index (χ4v) is 6.61. The fourth-order valence-electron chi connectivity index (χ4n) is 6.61. The summed E-state index contributed by atoms with van der Waals surface area (Å²) in [4.78, 5) is 29.6. The second-order valence-electron chi connectivity index (χ2n) is 11.7. The summed E-state index contributed by atoms with van der Waals surface area (Å²) in [6.07, 6.45) is 0.971. The number of anilines is 2. The quantitative estimate of drug-likeness (QED) is 0.363. The van der Waals surface area contributed by atoms with Crippen molar-refractivity contribution in [3.05, 3.63) is 60.0 Å². The van der Waals surface area contributed by atoms with E-state index >= 15 is 8.78 Å². The normalized spacial score (nSPS) is 24.5. The Labute approximate surface area is 240 Å². The third kappa shape index (κ3) is 4.23. The predicted molar refractivity (Wildman–Crippen MR) is 149 cm³/mol. The summed E-state index contributed by atoms with van der Waals surface area (Å²) in [6.45, 7) is 5.32. The number of aliphatic hydroxyl groups excluding tert-OH is 2. The van der Waals surface area contributed by atoms with Gasteiger partial charge in [-0.25, -0.2) is 18.7 Å². The molecule has 218 valence electrons. The highest BCUT2D eigenvalue weighted by Crippen LogP contribution is 2.43. The molecule has 7 rings (SSSR count). The van der Waals surface area contributed by atoms with E-state index in [4.69, 9.17) is 4.52 Å². The Balaban J connectivity index is 1.17. The lowest BCUT2D eigenvalue weighted by atomic mass is 9.95. The van der Waals surface area contributed by atoms with Crippen molar-refractivity contribution in [3.63, 3.8) is 0 Å². The molecule has 2 aromatic heterocycles. The van der Waals surface area contributed by atoms with Crippen molar-refractivity contribution in [2.45, 2.75) is 63.2 Å². The van der Waals surface area contributed by atoms with Gasteiger partial charge in [0.25, 0.3) is 0 Å². The average molecular weight is 577 g/mol. The Morgan fingerprint density at radius 2 is 1.83 bits per heavy atom. The van der Waals surface area contributed by atoms with Crippen LogP contribution < -0.4 is 9.80 Å². The number of carbonyl (C=O) groups is 1. The zero-order valence-electron chi connectivity index (χ0n) is 23.1. The monoisotopic (exact) mass is 576 g/mol. The molecule has 42 heavy (non-hydrogen) atoms. The number of amides is 1. The first-order chi connectivity index (χ1) is 20.2. The molecule has 0 unspecified atom stereocenters. The van der Waals surface area contributed by atoms with Crippen molar-refractivity contribution in [2.24, 2.45) is 5.92 Å². The second-order valence-corrected chi connectivity index (χ2v) is 11.7. The number of benzene rings is 2. The summed E-state index contributed by atoms with van der Waals surface area (Å²) in [6, 6.07) is 6.32. The van der Waals surface area contributed by atoms with Crippen LogP contribution in [0.2, 0.25) is 0 Å². The topological polar surface area (TPSA) is 129 Å². The molecule has 2 N–H and O–H groups in total. The van der Waals surface area contributed by atoms with E-state index < -0.39 is 41.7 Å². The maximum Gasteiger partial charge on any atom is 0.233 e. The van der Waals surface area contributed by atoms with E-state index in [-0.39, 0.29) is 23.9 Å². The zero-order chi connectivity index (χ0) is 29.3. The standard InChI is InChI=1S/C30H30F2N6O4/c1-14(2)29-35-27(36-42-29)15-5-7-37(8-6-15)28-19-11-17(31)10-18(24(19)33-13-34-28)16-3-4-22(21(32)9-16)38-23-12-20(30(38)41)25(39)26(23)40/h3-4,9-11,13-15,20,23,25-26,39-40H,5-8,12H2,1-2H3/t20-,23+,25+,26-/m0/s1. The number of piperidine rings is 2. The summed E-state index contributed by atoms with van der Waals surface area (Å²) < 4.78 is 35.9. The van der Waals surface area contributed by atoms with Crippen molar-refractivity contribution in [1.29, 1.82) is 0 Å². The first-order valence-corrected chi connectivity index (χ1v) is 14.2. The molecule has 4 atom stereocenters. The number of hydrogen-bond donors (Lipinski definition) is 2. The minimum absolute atomic E-state index is 0.0169. The largest absolute Gasteiger partial charge is 0.390 e. The summed E-state index contributed by atoms with van der Waals surface area (Å²) in [5.74, 6) is -0.123. The van der Waals surface area contributed by atoms with Gasteiger partial charge in [-0.1, -0.05) is 25.1 Å². The van der Waals surface area contributed by atoms with Crippen LogP contribution in [0, 0.1) is 17.6 Å². The first kappa shape index (κ1) is 26.8. The Hall–Kier alpha value is -4.03. The lowest BCUT2D eigenvalue weighted by molar-refractivity contribution is -0.128. The van der Waals surface area contributed by atoms with E-state index in [1.54, 1.807) is 6.07 Å². The van der Waals surface area contributed by atoms with Crippen LogP contribution in [-0.4, -0.2) is 67.6 Å². The Bertz CT molecular complexity index is 1690. The maximum absolute atomic E-state index is 15.5. The second kappa shape index (κ2) is 10.1. The summed E-state index contributed by atoms with van der Waals surface area (Å²) in [5.41, 5.74) is 1.28. The molecule has 0 radical (unpaired) electrons. The lowest BCUT2D eigenvalue weighted by Crippen LogP contribution is -2.51. The smallest absolute Gasteiger partial charge is 0.233 e. The first-order valence-electron chi connectivity index (χ1n) is 14.2. The van der Waals surface area contributed by atoms with Crippen molar-refractivity contribution in [1.82, 2.24) is 20.1 Å². The molecule has 12 heteroatoms. The van der Waals surface area contributed by atoms with Gasteiger partial charge in [0.15, 0.2) is 5.82 Å². The molecule has 0 spiro atoms. The number of aromatic nitrogens is 4. The van der Waals surface area contributed by atoms with Crippen molar-refractivity contribution in [2.75, 3.05) is 22.9 Å². The van der Waals surface area contributed by atoms with Crippen molar-refractivity contribution < 1.29 is 28.3 Å². The lowest BCUT2D eigenvalue weighted by Gasteiger charge is -2.33. The van der Waals surface area contributed by atoms with Gasteiger partial charge in [-0.3, -0.25) is 4.79 Å². The van der Waals surface area contributed by atoms with Crippen LogP contribution in [0.3, 0.4) is 0 Å². The van der Waals surface area contributed by atoms with Crippen molar-refractivity contribution >= 4 is 28.3 Å². The number of halogens is 2. The minimum atomic E-state index is -1.14. The summed E-state index contributed by atoms with van der Waals surface area (Å²) in [5, 5.41) is 25.0. The number of aliphatic hydroxyl groups is 2. The van der Waals surface area contributed by atoms with E-state index in [1.165, 1.54) is 35.5 Å². The van der Waals surface area contributed by atoms with Gasteiger partial charge in [0.05, 0.1) is 29.3 Å². The van der Waals surface area contributed by atoms with Crippen LogP contribution in [0.5, 0.6) is 0 Å². The Kier molecular flexibility index (Phi) is 6.43. The Morgan fingerprint density at radius 3 is 2.52 bits per heavy atom. The van der Waals surface area contributed by atoms with Gasteiger partial charge in [-0.15, -0.1) is 0 Å². The summed E-state index contributed by atoms with van der Waals surface area (Å²) >= 11 is 0. The van der Waals surface area contributed by atoms with E-state index in [1.807, 2.05) is 13.8 Å². The molecule has 1 aliphatic carbocycles. The minimum Gasteiger partial charge on any atom is -0.390 e. The molecule has 4 heterocycles. The predicted octanol–water partition coefficient (Wildman–Crippen LogP) is 3.92. The molecule has 2 aliphatic heterocycles. The van der Waals surface area contributed by atoms with Crippen LogP contribution in [0.4, 0.5) is 20.3 Å². The number of fused-ring (bicyclic) bond motifs is 3. The number of carbonyl (C=O) groups excluding carboxylic acids is 1. The third-order valence-corrected chi connectivity index (χ3v) is 8.85. The fraction of sp³-hybridized carbons (Fsp3) is 0.433. The number of rotatable bonds is 5. The van der Waals surface area contributed by atoms with E-state index in [0.29, 0.717) is 52.7 Å². The van der Waals surface area contributed by atoms with Crippen LogP contribution in [-0.2, 0) is 4.79 Å². The molecule has 1 amide bonds. The van der Waals surface area contributed by atoms with Crippen LogP contribution in [0.15, 0.2) is 41.2 Å². The maximum atomic E-state index is 15.5. The molecule has 2 saturated heterocycles. The Morgan fingerprint density at radius 1 is 1.05 bits per heavy atom. The highest BCUT2D eigenvalue weighted by atomic mass is 19.1. The molecular formula is C30H30F2N6O4. The summed E-state index contributed by atoms with van der Waals surface area (Å²) in [7, 11) is 0. The van der Waals surface area contributed by atoms with E-state index in [0.717, 1.165) is 12.8 Å². The molecule has 3 aliphatic rings. The molecule has 2 aromatic carbocycles. The molecule has 2 bridgehead atoms. The highest BCUT2D eigenvalue weighted by Gasteiger charge is 2.57. The molecule has 1 saturated carbocycles.